The van der Waals surface area contributed by atoms with Crippen LogP contribution in [0.5, 0.6) is 11.5 Å². The van der Waals surface area contributed by atoms with E-state index in [1.54, 1.807) is 26.0 Å². The summed E-state index contributed by atoms with van der Waals surface area (Å²) in [6, 6.07) is 21.0. The average Bonchev–Trinajstić information content (AvgIpc) is 2.83. The Balaban J connectivity index is 1.88. The highest BCUT2D eigenvalue weighted by Gasteiger charge is 2.18. The summed E-state index contributed by atoms with van der Waals surface area (Å²) < 4.78 is 11.0. The Morgan fingerprint density at radius 1 is 0.969 bits per heavy atom. The van der Waals surface area contributed by atoms with E-state index in [-0.39, 0.29) is 5.91 Å². The molecule has 4 rings (SSSR count). The van der Waals surface area contributed by atoms with E-state index >= 15 is 0 Å². The van der Waals surface area contributed by atoms with Crippen LogP contribution in [0.1, 0.15) is 15.9 Å². The topological polar surface area (TPSA) is 60.5 Å². The number of nitrogens with one attached hydrogen (secondary N) is 1. The molecule has 0 saturated carbocycles. The van der Waals surface area contributed by atoms with Gasteiger partial charge in [-0.05, 0) is 61.7 Å². The highest BCUT2D eigenvalue weighted by atomic mass is 32.2. The Labute approximate surface area is 191 Å². The summed E-state index contributed by atoms with van der Waals surface area (Å²) in [7, 11) is 3.23. The van der Waals surface area contributed by atoms with Gasteiger partial charge < -0.3 is 14.8 Å². The van der Waals surface area contributed by atoms with Gasteiger partial charge in [0.15, 0.2) is 0 Å². The number of nitrogens with zero attached hydrogens (tertiary/aromatic N) is 1. The molecule has 0 unspecified atom stereocenters. The summed E-state index contributed by atoms with van der Waals surface area (Å²) in [5.41, 5.74) is 4.52. The molecule has 0 aliphatic carbocycles. The van der Waals surface area contributed by atoms with Gasteiger partial charge in [0.25, 0.3) is 5.91 Å². The third-order valence-electron chi connectivity index (χ3n) is 5.25. The van der Waals surface area contributed by atoms with Crippen molar-refractivity contribution in [2.75, 3.05) is 25.8 Å². The fraction of sp³-hybridized carbons (Fsp3) is 0.154. The number of hydrogen-bond acceptors (Lipinski definition) is 5. The number of benzene rings is 3. The maximum atomic E-state index is 13.5. The van der Waals surface area contributed by atoms with E-state index in [0.717, 1.165) is 32.6 Å². The number of pyridine rings is 1. The number of carbonyl (C=O) groups excluding carboxylic acids is 1. The van der Waals surface area contributed by atoms with Crippen LogP contribution in [0.3, 0.4) is 0 Å². The monoisotopic (exact) mass is 444 g/mol. The second-order valence-corrected chi connectivity index (χ2v) is 8.14. The number of ether oxygens (including phenoxy) is 2. The van der Waals surface area contributed by atoms with Crippen LogP contribution in [0.15, 0.2) is 71.6 Å². The SMILES string of the molecule is COc1ccc(OC)c(-c2cc(C(=O)Nc3ccccc3SC)c3cc(C)ccc3n2)c1. The summed E-state index contributed by atoms with van der Waals surface area (Å²) in [6.07, 6.45) is 1.99. The highest BCUT2D eigenvalue weighted by molar-refractivity contribution is 7.98. The summed E-state index contributed by atoms with van der Waals surface area (Å²) in [6.45, 7) is 2.00. The zero-order chi connectivity index (χ0) is 22.7. The molecule has 0 aliphatic rings. The minimum absolute atomic E-state index is 0.187. The Morgan fingerprint density at radius 3 is 2.53 bits per heavy atom. The largest absolute Gasteiger partial charge is 0.497 e. The van der Waals surface area contributed by atoms with Crippen LogP contribution in [0.25, 0.3) is 22.2 Å². The van der Waals surface area contributed by atoms with E-state index in [1.807, 2.05) is 79.9 Å². The van der Waals surface area contributed by atoms with Crippen LogP contribution in [0.2, 0.25) is 0 Å². The smallest absolute Gasteiger partial charge is 0.256 e. The van der Waals surface area contributed by atoms with Crippen molar-refractivity contribution in [3.63, 3.8) is 0 Å². The molecule has 32 heavy (non-hydrogen) atoms. The number of thioether (sulfide) groups is 1. The minimum atomic E-state index is -0.187. The molecule has 0 bridgehead atoms. The second-order valence-electron chi connectivity index (χ2n) is 7.30. The molecule has 0 aliphatic heterocycles. The number of fused-ring (bicyclic) bond motifs is 1. The molecule has 6 heteroatoms. The number of hydrogen-bond donors (Lipinski definition) is 1. The van der Waals surface area contributed by atoms with Crippen LogP contribution >= 0.6 is 11.8 Å². The first-order valence-electron chi connectivity index (χ1n) is 10.1. The molecule has 1 amide bonds. The van der Waals surface area contributed by atoms with Crippen molar-refractivity contribution < 1.29 is 14.3 Å². The third kappa shape index (κ3) is 4.27. The van der Waals surface area contributed by atoms with Crippen molar-refractivity contribution >= 4 is 34.3 Å². The number of para-hydroxylation sites is 1. The van der Waals surface area contributed by atoms with Gasteiger partial charge in [0, 0.05) is 15.8 Å². The molecule has 1 N–H and O–H groups in total. The van der Waals surface area contributed by atoms with Gasteiger partial charge in [-0.2, -0.15) is 0 Å². The van der Waals surface area contributed by atoms with Gasteiger partial charge in [0.2, 0.25) is 0 Å². The van der Waals surface area contributed by atoms with Crippen LogP contribution in [-0.2, 0) is 0 Å². The maximum Gasteiger partial charge on any atom is 0.256 e. The lowest BCUT2D eigenvalue weighted by Crippen LogP contribution is -2.14. The van der Waals surface area contributed by atoms with Gasteiger partial charge in [0.1, 0.15) is 11.5 Å². The average molecular weight is 445 g/mol. The number of methoxy groups -OCH3 is 2. The molecular weight excluding hydrogens is 420 g/mol. The van der Waals surface area contributed by atoms with Crippen LogP contribution in [-0.4, -0.2) is 31.4 Å². The zero-order valence-electron chi connectivity index (χ0n) is 18.4. The lowest BCUT2D eigenvalue weighted by Gasteiger charge is -2.15. The lowest BCUT2D eigenvalue weighted by atomic mass is 10.0. The first-order chi connectivity index (χ1) is 15.5. The fourth-order valence-corrected chi connectivity index (χ4v) is 4.17. The highest BCUT2D eigenvalue weighted by Crippen LogP contribution is 2.35. The molecule has 0 saturated heterocycles. The quantitative estimate of drug-likeness (QED) is 0.359. The Hall–Kier alpha value is -3.51. The molecule has 1 heterocycles. The van der Waals surface area contributed by atoms with Gasteiger partial charge >= 0.3 is 0 Å². The molecule has 4 aromatic rings. The standard InChI is InChI=1S/C26H24N2O3S/c1-16-9-11-21-18(13-16)19(26(29)28-22-7-5-6-8-25(22)32-4)15-23(27-21)20-14-17(30-2)10-12-24(20)31-3/h5-15H,1-4H3,(H,28,29). The maximum absolute atomic E-state index is 13.5. The van der Waals surface area contributed by atoms with E-state index in [4.69, 9.17) is 14.5 Å². The molecule has 0 spiro atoms. The number of anilines is 1. The van der Waals surface area contributed by atoms with Crippen molar-refractivity contribution in [3.05, 3.63) is 77.9 Å². The molecule has 0 atom stereocenters. The second kappa shape index (κ2) is 9.32. The first-order valence-corrected chi connectivity index (χ1v) is 11.3. The van der Waals surface area contributed by atoms with E-state index in [1.165, 1.54) is 0 Å². The number of rotatable bonds is 6. The van der Waals surface area contributed by atoms with Crippen molar-refractivity contribution in [1.82, 2.24) is 4.98 Å². The molecule has 1 aromatic heterocycles. The zero-order valence-corrected chi connectivity index (χ0v) is 19.2. The number of aromatic nitrogens is 1. The number of aryl methyl sites for hydroxylation is 1. The Bertz CT molecular complexity index is 1300. The number of carbonyl (C=O) groups is 1. The Morgan fingerprint density at radius 2 is 1.78 bits per heavy atom. The van der Waals surface area contributed by atoms with Crippen LogP contribution < -0.4 is 14.8 Å². The van der Waals surface area contributed by atoms with E-state index < -0.39 is 0 Å². The summed E-state index contributed by atoms with van der Waals surface area (Å²) in [4.78, 5) is 19.3. The van der Waals surface area contributed by atoms with Gasteiger partial charge in [-0.1, -0.05) is 23.8 Å². The summed E-state index contributed by atoms with van der Waals surface area (Å²) in [5.74, 6) is 1.16. The van der Waals surface area contributed by atoms with E-state index in [9.17, 15) is 4.79 Å². The molecule has 0 fully saturated rings. The number of amides is 1. The van der Waals surface area contributed by atoms with Gasteiger partial charge in [-0.25, -0.2) is 4.98 Å². The molecule has 162 valence electrons. The third-order valence-corrected chi connectivity index (χ3v) is 6.04. The molecule has 0 radical (unpaired) electrons. The molecule has 5 nitrogen and oxygen atoms in total. The first kappa shape index (κ1) is 21.7. The van der Waals surface area contributed by atoms with Crippen molar-refractivity contribution in [2.24, 2.45) is 0 Å². The van der Waals surface area contributed by atoms with Crippen LogP contribution in [0, 0.1) is 6.92 Å². The molecule has 3 aromatic carbocycles. The van der Waals surface area contributed by atoms with Crippen molar-refractivity contribution in [3.8, 4) is 22.8 Å². The van der Waals surface area contributed by atoms with Crippen LogP contribution in [0.4, 0.5) is 5.69 Å². The summed E-state index contributed by atoms with van der Waals surface area (Å²) in [5, 5.41) is 3.88. The molecular formula is C26H24N2O3S. The summed E-state index contributed by atoms with van der Waals surface area (Å²) >= 11 is 1.59. The predicted molar refractivity (Wildman–Crippen MR) is 131 cm³/mol. The van der Waals surface area contributed by atoms with Crippen molar-refractivity contribution in [2.45, 2.75) is 11.8 Å². The van der Waals surface area contributed by atoms with E-state index in [0.29, 0.717) is 22.8 Å². The fourth-order valence-electron chi connectivity index (χ4n) is 3.62. The van der Waals surface area contributed by atoms with Gasteiger partial charge in [-0.3, -0.25) is 4.79 Å². The predicted octanol–water partition coefficient (Wildman–Crippen LogP) is 6.20. The normalized spacial score (nSPS) is 10.8. The lowest BCUT2D eigenvalue weighted by molar-refractivity contribution is 0.102. The Kier molecular flexibility index (Phi) is 6.32. The minimum Gasteiger partial charge on any atom is -0.497 e. The van der Waals surface area contributed by atoms with Gasteiger partial charge in [0.05, 0.1) is 36.7 Å². The van der Waals surface area contributed by atoms with Crippen molar-refractivity contribution in [1.29, 1.82) is 0 Å². The van der Waals surface area contributed by atoms with Gasteiger partial charge in [-0.15, -0.1) is 11.8 Å². The van der Waals surface area contributed by atoms with E-state index in [2.05, 4.69) is 5.32 Å².